The number of rotatable bonds is 15. The topological polar surface area (TPSA) is 166 Å². The Labute approximate surface area is 275 Å². The highest BCUT2D eigenvalue weighted by Gasteiger charge is 2.25. The first kappa shape index (κ1) is 35.1. The summed E-state index contributed by atoms with van der Waals surface area (Å²) in [5.74, 6) is 0.300. The summed E-state index contributed by atoms with van der Waals surface area (Å²) in [6.45, 7) is 6.32. The molecule has 1 aromatic heterocycles. The predicted molar refractivity (Wildman–Crippen MR) is 178 cm³/mol. The second-order valence-corrected chi connectivity index (χ2v) is 14.5. The van der Waals surface area contributed by atoms with Crippen molar-refractivity contribution >= 4 is 56.4 Å². The standard InChI is InChI=1S/C32H42ClN7O5S/c1-22(2)46(44,45)28-9-6-5-8-27(28)37-30-26(33)20-35-32(38-30)36-25-13-11-23(12-14-25)21-40-18-15-24(16-19-40)31(42)34-17-7-3-4-10-29(41)39-43/h5-6,8-9,11-14,20,22,24,43H,3-4,7,10,15-19,21H2,1-2H3,(H,34,42)(H,39,41)(H2,35,36,37,38). The molecule has 5 N–H and O–H groups in total. The SMILES string of the molecule is CC(C)S(=O)(=O)c1ccccc1Nc1nc(Nc2ccc(CN3CCC(C(=O)NCCCCCC(=O)NO)CC3)cc2)ncc1Cl. The Morgan fingerprint density at radius 1 is 1.02 bits per heavy atom. The summed E-state index contributed by atoms with van der Waals surface area (Å²) in [4.78, 5) is 34.9. The van der Waals surface area contributed by atoms with Crippen LogP contribution in [0, 0.1) is 5.92 Å². The Morgan fingerprint density at radius 2 is 1.74 bits per heavy atom. The number of hydroxylamine groups is 1. The van der Waals surface area contributed by atoms with E-state index in [0.717, 1.165) is 56.6 Å². The van der Waals surface area contributed by atoms with Crippen LogP contribution in [0.25, 0.3) is 0 Å². The summed E-state index contributed by atoms with van der Waals surface area (Å²) < 4.78 is 25.7. The van der Waals surface area contributed by atoms with Gasteiger partial charge in [-0.25, -0.2) is 18.9 Å². The Bertz CT molecular complexity index is 1580. The first-order valence-corrected chi connectivity index (χ1v) is 17.4. The average molecular weight is 672 g/mol. The van der Waals surface area contributed by atoms with Gasteiger partial charge in [0.15, 0.2) is 15.7 Å². The average Bonchev–Trinajstić information content (AvgIpc) is 3.05. The summed E-state index contributed by atoms with van der Waals surface area (Å²) in [5.41, 5.74) is 3.94. The summed E-state index contributed by atoms with van der Waals surface area (Å²) >= 11 is 6.36. The van der Waals surface area contributed by atoms with Crippen LogP contribution < -0.4 is 21.4 Å². The summed E-state index contributed by atoms with van der Waals surface area (Å²) in [6, 6.07) is 14.6. The van der Waals surface area contributed by atoms with Gasteiger partial charge >= 0.3 is 0 Å². The first-order valence-electron chi connectivity index (χ1n) is 15.5. The lowest BCUT2D eigenvalue weighted by molar-refractivity contribution is -0.129. The van der Waals surface area contributed by atoms with Gasteiger partial charge in [-0.3, -0.25) is 19.7 Å². The number of aromatic nitrogens is 2. The van der Waals surface area contributed by atoms with Gasteiger partial charge in [-0.1, -0.05) is 42.3 Å². The molecule has 0 bridgehead atoms. The summed E-state index contributed by atoms with van der Waals surface area (Å²) in [5, 5.41) is 17.4. The van der Waals surface area contributed by atoms with Crippen molar-refractivity contribution in [2.24, 2.45) is 5.92 Å². The molecule has 12 nitrogen and oxygen atoms in total. The fourth-order valence-electron chi connectivity index (χ4n) is 5.15. The molecule has 2 heterocycles. The molecule has 3 aromatic rings. The molecule has 4 rings (SSSR count). The number of hydrogen-bond acceptors (Lipinski definition) is 10. The molecule has 14 heteroatoms. The molecule has 1 fully saturated rings. The van der Waals surface area contributed by atoms with Crippen LogP contribution in [0.4, 0.5) is 23.1 Å². The van der Waals surface area contributed by atoms with Crippen LogP contribution in [0.1, 0.15) is 57.9 Å². The Hall–Kier alpha value is -3.78. The number of amides is 2. The minimum Gasteiger partial charge on any atom is -0.356 e. The Balaban J connectivity index is 1.25. The number of benzene rings is 2. The highest BCUT2D eigenvalue weighted by molar-refractivity contribution is 7.92. The zero-order valence-electron chi connectivity index (χ0n) is 26.1. The zero-order valence-corrected chi connectivity index (χ0v) is 27.7. The number of likely N-dealkylation sites (tertiary alicyclic amines) is 1. The number of halogens is 1. The summed E-state index contributed by atoms with van der Waals surface area (Å²) in [7, 11) is -3.53. The molecule has 2 aromatic carbocycles. The Kier molecular flexibility index (Phi) is 12.7. The van der Waals surface area contributed by atoms with Crippen molar-refractivity contribution in [2.75, 3.05) is 30.3 Å². The molecule has 2 amide bonds. The van der Waals surface area contributed by atoms with E-state index >= 15 is 0 Å². The second-order valence-electron chi connectivity index (χ2n) is 11.6. The monoisotopic (exact) mass is 671 g/mol. The third kappa shape index (κ3) is 9.86. The molecule has 0 aliphatic carbocycles. The molecular weight excluding hydrogens is 630 g/mol. The summed E-state index contributed by atoms with van der Waals surface area (Å²) in [6.07, 6.45) is 5.64. The van der Waals surface area contributed by atoms with E-state index in [9.17, 15) is 18.0 Å². The minimum atomic E-state index is -3.53. The van der Waals surface area contributed by atoms with E-state index in [1.54, 1.807) is 43.6 Å². The van der Waals surface area contributed by atoms with Crippen LogP contribution in [-0.4, -0.2) is 65.2 Å². The van der Waals surface area contributed by atoms with Crippen LogP contribution in [-0.2, 0) is 26.0 Å². The fourth-order valence-corrected chi connectivity index (χ4v) is 6.49. The van der Waals surface area contributed by atoms with Crippen molar-refractivity contribution in [3.05, 3.63) is 65.3 Å². The van der Waals surface area contributed by atoms with Crippen molar-refractivity contribution < 1.29 is 23.2 Å². The highest BCUT2D eigenvalue weighted by Crippen LogP contribution is 2.30. The van der Waals surface area contributed by atoms with Gasteiger partial charge in [-0.05, 0) is 82.4 Å². The lowest BCUT2D eigenvalue weighted by Gasteiger charge is -2.31. The number of anilines is 4. The normalized spacial score (nSPS) is 14.2. The van der Waals surface area contributed by atoms with Crippen LogP contribution in [0.3, 0.4) is 0 Å². The number of nitrogens with one attached hydrogen (secondary N) is 4. The number of carbonyl (C=O) groups excluding carboxylic acids is 2. The molecule has 0 radical (unpaired) electrons. The molecule has 1 saturated heterocycles. The molecule has 0 spiro atoms. The molecule has 46 heavy (non-hydrogen) atoms. The van der Waals surface area contributed by atoms with Gasteiger partial charge in [-0.2, -0.15) is 4.98 Å². The third-order valence-electron chi connectivity index (χ3n) is 7.89. The van der Waals surface area contributed by atoms with Gasteiger partial charge in [0.25, 0.3) is 0 Å². The molecular formula is C32H42ClN7O5S. The van der Waals surface area contributed by atoms with Gasteiger partial charge in [0.05, 0.1) is 22.0 Å². The minimum absolute atomic E-state index is 0.00911. The molecule has 0 unspecified atom stereocenters. The molecule has 1 aliphatic heterocycles. The predicted octanol–water partition coefficient (Wildman–Crippen LogP) is 5.19. The molecule has 0 saturated carbocycles. The lowest BCUT2D eigenvalue weighted by Crippen LogP contribution is -2.40. The number of carbonyl (C=O) groups is 2. The molecule has 1 aliphatic rings. The van der Waals surface area contributed by atoms with Crippen molar-refractivity contribution in [1.29, 1.82) is 0 Å². The number of piperidine rings is 1. The van der Waals surface area contributed by atoms with E-state index in [-0.39, 0.29) is 39.9 Å². The van der Waals surface area contributed by atoms with Crippen molar-refractivity contribution in [2.45, 2.75) is 69.1 Å². The van der Waals surface area contributed by atoms with Gasteiger partial charge in [-0.15, -0.1) is 0 Å². The number of sulfone groups is 1. The van der Waals surface area contributed by atoms with E-state index in [1.165, 1.54) is 6.20 Å². The van der Waals surface area contributed by atoms with Gasteiger partial charge < -0.3 is 16.0 Å². The van der Waals surface area contributed by atoms with Crippen molar-refractivity contribution in [1.82, 2.24) is 25.7 Å². The Morgan fingerprint density at radius 3 is 2.43 bits per heavy atom. The van der Waals surface area contributed by atoms with E-state index in [2.05, 4.69) is 30.8 Å². The second kappa shape index (κ2) is 16.7. The van der Waals surface area contributed by atoms with Crippen molar-refractivity contribution in [3.8, 4) is 0 Å². The van der Waals surface area contributed by atoms with Gasteiger partial charge in [0.2, 0.25) is 17.8 Å². The van der Waals surface area contributed by atoms with Crippen LogP contribution in [0.2, 0.25) is 5.02 Å². The lowest BCUT2D eigenvalue weighted by atomic mass is 9.95. The number of hydrogen-bond donors (Lipinski definition) is 5. The van der Waals surface area contributed by atoms with Gasteiger partial charge in [0, 0.05) is 31.1 Å². The maximum atomic E-state index is 12.9. The van der Waals surface area contributed by atoms with Crippen LogP contribution in [0.15, 0.2) is 59.6 Å². The number of para-hydroxylation sites is 1. The van der Waals surface area contributed by atoms with Gasteiger partial charge in [0.1, 0.15) is 5.02 Å². The quantitative estimate of drug-likeness (QED) is 0.0824. The maximum absolute atomic E-state index is 12.9. The molecule has 248 valence electrons. The first-order chi connectivity index (χ1) is 22.1. The van der Waals surface area contributed by atoms with E-state index in [1.807, 2.05) is 24.3 Å². The largest absolute Gasteiger partial charge is 0.356 e. The smallest absolute Gasteiger partial charge is 0.243 e. The number of unbranched alkanes of at least 4 members (excludes halogenated alkanes) is 2. The van der Waals surface area contributed by atoms with Crippen LogP contribution in [0.5, 0.6) is 0 Å². The zero-order chi connectivity index (χ0) is 33.1. The highest BCUT2D eigenvalue weighted by atomic mass is 35.5. The van der Waals surface area contributed by atoms with E-state index < -0.39 is 15.1 Å². The third-order valence-corrected chi connectivity index (χ3v) is 10.4. The van der Waals surface area contributed by atoms with Crippen molar-refractivity contribution in [3.63, 3.8) is 0 Å². The maximum Gasteiger partial charge on any atom is 0.243 e. The fraction of sp³-hybridized carbons (Fsp3) is 0.438. The molecule has 0 atom stereocenters. The van der Waals surface area contributed by atoms with Crippen LogP contribution >= 0.6 is 11.6 Å². The van der Waals surface area contributed by atoms with E-state index in [4.69, 9.17) is 16.8 Å². The number of nitrogens with zero attached hydrogens (tertiary/aromatic N) is 3. The van der Waals surface area contributed by atoms with E-state index in [0.29, 0.717) is 24.6 Å².